The Bertz CT molecular complexity index is 874. The minimum absolute atomic E-state index is 0.157. The van der Waals surface area contributed by atoms with Crippen LogP contribution in [-0.4, -0.2) is 11.9 Å². The lowest BCUT2D eigenvalue weighted by atomic mass is 10.2. The van der Waals surface area contributed by atoms with E-state index in [1.165, 1.54) is 0 Å². The van der Waals surface area contributed by atoms with Gasteiger partial charge in [0.1, 0.15) is 0 Å². The molecule has 0 spiro atoms. The highest BCUT2D eigenvalue weighted by atomic mass is 35.5. The van der Waals surface area contributed by atoms with Gasteiger partial charge in [0.05, 0.1) is 20.1 Å². The van der Waals surface area contributed by atoms with E-state index in [0.29, 0.717) is 31.2 Å². The summed E-state index contributed by atoms with van der Waals surface area (Å²) >= 11 is 23.6. The maximum absolute atomic E-state index is 11.9. The normalized spacial score (nSPS) is 15.7. The van der Waals surface area contributed by atoms with Gasteiger partial charge in [-0.1, -0.05) is 52.5 Å². The van der Waals surface area contributed by atoms with E-state index in [9.17, 15) is 4.79 Å². The Morgan fingerprint density at radius 2 is 1.52 bits per heavy atom. The molecule has 1 aliphatic rings. The third-order valence-corrected chi connectivity index (χ3v) is 4.51. The molecule has 0 unspecified atom stereocenters. The van der Waals surface area contributed by atoms with Gasteiger partial charge in [-0.2, -0.15) is 0 Å². The number of ether oxygens (including phenoxy) is 1. The smallest absolute Gasteiger partial charge is 0.363 e. The molecule has 0 bridgehead atoms. The predicted molar refractivity (Wildman–Crippen MR) is 93.5 cm³/mol. The molecule has 0 saturated heterocycles. The molecule has 0 radical (unpaired) electrons. The third-order valence-electron chi connectivity index (χ3n) is 3.03. The van der Waals surface area contributed by atoms with Gasteiger partial charge in [0.15, 0.2) is 5.70 Å². The number of hydrogen-bond donors (Lipinski definition) is 0. The highest BCUT2D eigenvalue weighted by molar-refractivity contribution is 6.42. The van der Waals surface area contributed by atoms with Gasteiger partial charge in [0, 0.05) is 5.56 Å². The lowest BCUT2D eigenvalue weighted by Crippen LogP contribution is -2.05. The minimum atomic E-state index is -0.558. The van der Waals surface area contributed by atoms with Crippen LogP contribution < -0.4 is 0 Å². The molecule has 0 N–H and O–H groups in total. The van der Waals surface area contributed by atoms with Crippen molar-refractivity contribution in [1.82, 2.24) is 0 Å². The number of esters is 1. The molecular formula is C16H7Cl4NO2. The van der Waals surface area contributed by atoms with Gasteiger partial charge >= 0.3 is 5.97 Å². The number of halogens is 4. The zero-order chi connectivity index (χ0) is 16.6. The number of nitrogens with zero attached hydrogens (tertiary/aromatic N) is 1. The van der Waals surface area contributed by atoms with Gasteiger partial charge in [0.25, 0.3) is 0 Å². The molecule has 23 heavy (non-hydrogen) atoms. The molecule has 3 nitrogen and oxygen atoms in total. The Balaban J connectivity index is 1.95. The fourth-order valence-electron chi connectivity index (χ4n) is 1.92. The molecule has 7 heteroatoms. The third kappa shape index (κ3) is 3.54. The Hall–Kier alpha value is -1.52. The van der Waals surface area contributed by atoms with Crippen LogP contribution in [0.25, 0.3) is 6.08 Å². The zero-order valence-corrected chi connectivity index (χ0v) is 14.3. The van der Waals surface area contributed by atoms with Crippen molar-refractivity contribution in [3.63, 3.8) is 0 Å². The fraction of sp³-hybridized carbons (Fsp3) is 0. The molecule has 0 fully saturated rings. The molecule has 2 aromatic rings. The summed E-state index contributed by atoms with van der Waals surface area (Å²) in [6, 6.07) is 9.86. The molecule has 0 saturated carbocycles. The van der Waals surface area contributed by atoms with Crippen molar-refractivity contribution >= 4 is 64.3 Å². The number of cyclic esters (lactones) is 1. The van der Waals surface area contributed by atoms with E-state index in [1.807, 2.05) is 0 Å². The van der Waals surface area contributed by atoms with E-state index in [-0.39, 0.29) is 11.6 Å². The Morgan fingerprint density at radius 3 is 2.17 bits per heavy atom. The van der Waals surface area contributed by atoms with Gasteiger partial charge in [-0.25, -0.2) is 9.79 Å². The van der Waals surface area contributed by atoms with Crippen LogP contribution in [0.4, 0.5) is 0 Å². The molecule has 116 valence electrons. The number of carbonyl (C=O) groups is 1. The summed E-state index contributed by atoms with van der Waals surface area (Å²) in [7, 11) is 0. The second-order valence-corrected chi connectivity index (χ2v) is 6.27. The molecule has 2 aromatic carbocycles. The van der Waals surface area contributed by atoms with Crippen molar-refractivity contribution in [2.45, 2.75) is 0 Å². The van der Waals surface area contributed by atoms with Gasteiger partial charge in [-0.15, -0.1) is 0 Å². The van der Waals surface area contributed by atoms with Crippen LogP contribution in [0.15, 0.2) is 47.1 Å². The van der Waals surface area contributed by atoms with E-state index in [0.717, 1.165) is 0 Å². The number of carbonyl (C=O) groups excluding carboxylic acids is 1. The summed E-state index contributed by atoms with van der Waals surface area (Å²) in [5.74, 6) is -0.392. The van der Waals surface area contributed by atoms with Crippen molar-refractivity contribution in [3.05, 3.63) is 73.3 Å². The summed E-state index contributed by atoms with van der Waals surface area (Å²) in [6.45, 7) is 0. The van der Waals surface area contributed by atoms with Crippen LogP contribution in [0.3, 0.4) is 0 Å². The van der Waals surface area contributed by atoms with Crippen LogP contribution in [0.5, 0.6) is 0 Å². The number of rotatable bonds is 2. The first-order valence-electron chi connectivity index (χ1n) is 6.37. The lowest BCUT2D eigenvalue weighted by molar-refractivity contribution is -0.129. The summed E-state index contributed by atoms with van der Waals surface area (Å²) in [5.41, 5.74) is 1.40. The molecule has 0 amide bonds. The van der Waals surface area contributed by atoms with Crippen molar-refractivity contribution in [2.24, 2.45) is 4.99 Å². The SMILES string of the molecule is O=C1OC(c2ccc(Cl)c(Cl)c2)=N/C1=C/c1ccc(Cl)c(Cl)c1. The van der Waals surface area contributed by atoms with Crippen molar-refractivity contribution in [2.75, 3.05) is 0 Å². The standard InChI is InChI=1S/C16H7Cl4NO2/c17-10-3-1-8(5-12(10)19)6-14-16(22)23-15(21-14)9-2-4-11(18)13(20)7-9/h1-7H/b14-6+. The van der Waals surface area contributed by atoms with E-state index in [4.69, 9.17) is 51.1 Å². The highest BCUT2D eigenvalue weighted by Crippen LogP contribution is 2.27. The van der Waals surface area contributed by atoms with Crippen LogP contribution in [0.1, 0.15) is 11.1 Å². The molecule has 1 aliphatic heterocycles. The molecule has 3 rings (SSSR count). The van der Waals surface area contributed by atoms with E-state index in [2.05, 4.69) is 4.99 Å². The number of hydrogen-bond acceptors (Lipinski definition) is 3. The maximum Gasteiger partial charge on any atom is 0.363 e. The fourth-order valence-corrected chi connectivity index (χ4v) is 2.53. The maximum atomic E-state index is 11.9. The van der Waals surface area contributed by atoms with Crippen molar-refractivity contribution in [1.29, 1.82) is 0 Å². The molecule has 0 aromatic heterocycles. The predicted octanol–water partition coefficient (Wildman–Crippen LogP) is 5.64. The highest BCUT2D eigenvalue weighted by Gasteiger charge is 2.24. The summed E-state index contributed by atoms with van der Waals surface area (Å²) in [4.78, 5) is 16.1. The van der Waals surface area contributed by atoms with Crippen LogP contribution >= 0.6 is 46.4 Å². The largest absolute Gasteiger partial charge is 0.402 e. The van der Waals surface area contributed by atoms with E-state index < -0.39 is 5.97 Å². The Morgan fingerprint density at radius 1 is 0.870 bits per heavy atom. The zero-order valence-electron chi connectivity index (χ0n) is 11.3. The first-order chi connectivity index (χ1) is 10.9. The van der Waals surface area contributed by atoms with Gasteiger partial charge in [-0.05, 0) is 42.0 Å². The average molecular weight is 387 g/mol. The molecular weight excluding hydrogens is 380 g/mol. The summed E-state index contributed by atoms with van der Waals surface area (Å²) in [6.07, 6.45) is 1.56. The van der Waals surface area contributed by atoms with Gasteiger partial charge < -0.3 is 4.74 Å². The van der Waals surface area contributed by atoms with E-state index >= 15 is 0 Å². The molecule has 0 atom stereocenters. The van der Waals surface area contributed by atoms with Gasteiger partial charge in [0.2, 0.25) is 5.90 Å². The second kappa shape index (κ2) is 6.54. The minimum Gasteiger partial charge on any atom is -0.402 e. The first-order valence-corrected chi connectivity index (χ1v) is 7.88. The molecule has 0 aliphatic carbocycles. The first kappa shape index (κ1) is 16.3. The monoisotopic (exact) mass is 385 g/mol. The van der Waals surface area contributed by atoms with Crippen molar-refractivity contribution in [3.8, 4) is 0 Å². The lowest BCUT2D eigenvalue weighted by Gasteiger charge is -2.01. The number of benzene rings is 2. The molecule has 1 heterocycles. The quantitative estimate of drug-likeness (QED) is 0.494. The Labute approximate surface area is 152 Å². The van der Waals surface area contributed by atoms with Crippen LogP contribution in [0.2, 0.25) is 20.1 Å². The van der Waals surface area contributed by atoms with Crippen LogP contribution in [-0.2, 0) is 9.53 Å². The van der Waals surface area contributed by atoms with Crippen LogP contribution in [0, 0.1) is 0 Å². The Kier molecular flexibility index (Phi) is 4.64. The van der Waals surface area contributed by atoms with E-state index in [1.54, 1.807) is 42.5 Å². The number of aliphatic imine (C=N–C) groups is 1. The van der Waals surface area contributed by atoms with Crippen molar-refractivity contribution < 1.29 is 9.53 Å². The average Bonchev–Trinajstić information content (AvgIpc) is 2.87. The summed E-state index contributed by atoms with van der Waals surface area (Å²) in [5, 5.41) is 1.58. The van der Waals surface area contributed by atoms with Gasteiger partial charge in [-0.3, -0.25) is 0 Å². The second-order valence-electron chi connectivity index (χ2n) is 4.64. The topological polar surface area (TPSA) is 38.7 Å². The summed E-state index contributed by atoms with van der Waals surface area (Å²) < 4.78 is 5.16.